The predicted molar refractivity (Wildman–Crippen MR) is 189 cm³/mol. The molecule has 0 aliphatic carbocycles. The first-order valence-corrected chi connectivity index (χ1v) is 16.1. The van der Waals surface area contributed by atoms with Gasteiger partial charge in [-0.1, -0.05) is 91.0 Å². The van der Waals surface area contributed by atoms with Gasteiger partial charge in [0.2, 0.25) is 5.30 Å². The van der Waals surface area contributed by atoms with E-state index in [1.807, 2.05) is 42.5 Å². The van der Waals surface area contributed by atoms with E-state index in [9.17, 15) is 9.46 Å². The molecular formula is C40H28N2O2P+. The van der Waals surface area contributed by atoms with Gasteiger partial charge in [0.15, 0.2) is 0 Å². The maximum absolute atomic E-state index is 11.8. The summed E-state index contributed by atoms with van der Waals surface area (Å²) in [6.45, 7) is 0. The molecule has 0 saturated carbocycles. The van der Waals surface area contributed by atoms with Crippen LogP contribution in [0.25, 0.3) is 32.3 Å². The van der Waals surface area contributed by atoms with Crippen LogP contribution in [0.1, 0.15) is 0 Å². The fourth-order valence-electron chi connectivity index (χ4n) is 6.48. The first-order valence-electron chi connectivity index (χ1n) is 14.9. The van der Waals surface area contributed by atoms with E-state index >= 15 is 0 Å². The van der Waals surface area contributed by atoms with Gasteiger partial charge in [-0.15, -0.1) is 0 Å². The van der Waals surface area contributed by atoms with Gasteiger partial charge in [0.1, 0.15) is 0 Å². The highest BCUT2D eigenvalue weighted by molar-refractivity contribution is 7.47. The highest BCUT2D eigenvalue weighted by atomic mass is 31.1. The fourth-order valence-corrected chi connectivity index (χ4v) is 6.88. The fraction of sp³-hybridized carbons (Fsp3) is 0. The zero-order valence-corrected chi connectivity index (χ0v) is 25.2. The van der Waals surface area contributed by atoms with Crippen molar-refractivity contribution in [1.29, 1.82) is 0 Å². The van der Waals surface area contributed by atoms with E-state index in [-0.39, 0.29) is 0 Å². The first kappa shape index (κ1) is 27.0. The molecule has 4 nitrogen and oxygen atoms in total. The summed E-state index contributed by atoms with van der Waals surface area (Å²) in [5.74, 6) is 0. The zero-order valence-electron chi connectivity index (χ0n) is 24.3. The summed E-state index contributed by atoms with van der Waals surface area (Å²) >= 11 is 0. The molecule has 8 aromatic rings. The molecule has 0 aromatic heterocycles. The van der Waals surface area contributed by atoms with Crippen molar-refractivity contribution >= 4 is 79.8 Å². The third-order valence-electron chi connectivity index (χ3n) is 8.47. The van der Waals surface area contributed by atoms with Crippen molar-refractivity contribution in [3.8, 4) is 0 Å². The minimum absolute atomic E-state index is 0.408. The van der Waals surface area contributed by atoms with E-state index < -0.39 is 8.03 Å². The van der Waals surface area contributed by atoms with Crippen molar-refractivity contribution in [2.24, 2.45) is 0 Å². The largest absolute Gasteiger partial charge is 0.546 e. The topological polar surface area (TPSA) is 43.8 Å². The average Bonchev–Trinajstić information content (AvgIpc) is 3.10. The van der Waals surface area contributed by atoms with Gasteiger partial charge in [0.25, 0.3) is 0 Å². The van der Waals surface area contributed by atoms with E-state index in [1.165, 1.54) is 26.9 Å². The summed E-state index contributed by atoms with van der Waals surface area (Å²) in [7, 11) is -2.41. The van der Waals surface area contributed by atoms with Crippen LogP contribution in [0.4, 0.5) is 34.1 Å². The second kappa shape index (κ2) is 11.2. The summed E-state index contributed by atoms with van der Waals surface area (Å²) < 4.78 is 11.8. The smallest absolute Gasteiger partial charge is 0.310 e. The Bertz CT molecular complexity index is 2250. The summed E-state index contributed by atoms with van der Waals surface area (Å²) in [6.07, 6.45) is 0. The first-order chi connectivity index (χ1) is 22.2. The molecule has 8 aromatic carbocycles. The molecule has 0 bridgehead atoms. The predicted octanol–water partition coefficient (Wildman–Crippen LogP) is 10.9. The van der Waals surface area contributed by atoms with E-state index in [4.69, 9.17) is 0 Å². The molecule has 5 heteroatoms. The van der Waals surface area contributed by atoms with Crippen molar-refractivity contribution in [2.75, 3.05) is 9.80 Å². The molecule has 0 amide bonds. The quantitative estimate of drug-likeness (QED) is 0.146. The van der Waals surface area contributed by atoms with Crippen LogP contribution in [0.15, 0.2) is 164 Å². The minimum Gasteiger partial charge on any atom is -0.310 e. The van der Waals surface area contributed by atoms with Gasteiger partial charge in [0.05, 0.1) is 11.4 Å². The van der Waals surface area contributed by atoms with Crippen LogP contribution in [0.5, 0.6) is 0 Å². The van der Waals surface area contributed by atoms with Crippen molar-refractivity contribution in [3.05, 3.63) is 164 Å². The van der Waals surface area contributed by atoms with E-state index in [1.54, 1.807) is 12.1 Å². The maximum atomic E-state index is 11.8. The standard InChI is InChI=1S/C40H27N2O2P/c43-45(44)34-22-20-33(21-23-34)42(32-14-8-3-9-15-32)38-27-19-29-16-24-35-37(26-18-28-17-25-36(38)40(29)39(28)35)41(30-10-4-1-5-11-30)31-12-6-2-7-13-31/h1-27H/p+1. The number of hydrogen-bond acceptors (Lipinski definition) is 3. The third kappa shape index (κ3) is 4.69. The lowest BCUT2D eigenvalue weighted by molar-refractivity contribution is 0.513. The molecule has 214 valence electrons. The number of anilines is 6. The molecule has 45 heavy (non-hydrogen) atoms. The average molecular weight is 600 g/mol. The SMILES string of the molecule is O=[P+](O)c1ccc(N(c2ccccc2)c2ccc3ccc4c(N(c5ccccc5)c5ccccc5)ccc5ccc2c3c54)cc1. The van der Waals surface area contributed by atoms with E-state index in [0.29, 0.717) is 5.30 Å². The Hall–Kier alpha value is -5.54. The van der Waals surface area contributed by atoms with E-state index in [2.05, 4.69) is 119 Å². The number of rotatable bonds is 7. The highest BCUT2D eigenvalue weighted by Gasteiger charge is 2.22. The molecule has 0 aliphatic rings. The zero-order chi connectivity index (χ0) is 30.3. The second-order valence-electron chi connectivity index (χ2n) is 11.1. The molecule has 0 fully saturated rings. The molecule has 0 heterocycles. The lowest BCUT2D eigenvalue weighted by atomic mass is 9.91. The van der Waals surface area contributed by atoms with Crippen LogP contribution in [0.3, 0.4) is 0 Å². The molecule has 0 spiro atoms. The molecule has 0 aliphatic heterocycles. The Kier molecular flexibility index (Phi) is 6.72. The minimum atomic E-state index is -2.41. The lowest BCUT2D eigenvalue weighted by Crippen LogP contribution is -2.12. The molecular weight excluding hydrogens is 571 g/mol. The van der Waals surface area contributed by atoms with Crippen molar-refractivity contribution in [2.45, 2.75) is 0 Å². The summed E-state index contributed by atoms with van der Waals surface area (Å²) in [6, 6.07) is 56.3. The van der Waals surface area contributed by atoms with Gasteiger partial charge in [-0.2, -0.15) is 4.89 Å². The van der Waals surface area contributed by atoms with Crippen LogP contribution < -0.4 is 15.1 Å². The second-order valence-corrected chi connectivity index (χ2v) is 12.1. The molecule has 0 saturated heterocycles. The van der Waals surface area contributed by atoms with Gasteiger partial charge < -0.3 is 9.80 Å². The third-order valence-corrected chi connectivity index (χ3v) is 9.21. The number of nitrogens with zero attached hydrogens (tertiary/aromatic N) is 2. The van der Waals surface area contributed by atoms with Crippen LogP contribution in [0, 0.1) is 0 Å². The van der Waals surface area contributed by atoms with Crippen LogP contribution in [-0.4, -0.2) is 4.89 Å². The number of hydrogen-bond donors (Lipinski definition) is 1. The van der Waals surface area contributed by atoms with Crippen LogP contribution >= 0.6 is 8.03 Å². The van der Waals surface area contributed by atoms with Crippen molar-refractivity contribution in [3.63, 3.8) is 0 Å². The highest BCUT2D eigenvalue weighted by Crippen LogP contribution is 2.47. The monoisotopic (exact) mass is 599 g/mol. The molecule has 0 radical (unpaired) electrons. The van der Waals surface area contributed by atoms with Gasteiger partial charge in [-0.25, -0.2) is 0 Å². The Morgan fingerprint density at radius 1 is 0.400 bits per heavy atom. The molecule has 1 unspecified atom stereocenters. The van der Waals surface area contributed by atoms with Gasteiger partial charge in [-0.05, 0) is 98.9 Å². The molecule has 1 N–H and O–H groups in total. The van der Waals surface area contributed by atoms with E-state index in [0.717, 1.165) is 39.5 Å². The normalized spacial score (nSPS) is 11.7. The number of para-hydroxylation sites is 3. The van der Waals surface area contributed by atoms with Gasteiger partial charge in [0, 0.05) is 33.5 Å². The molecule has 8 rings (SSSR count). The van der Waals surface area contributed by atoms with Crippen molar-refractivity contribution < 1.29 is 9.46 Å². The summed E-state index contributed by atoms with van der Waals surface area (Å²) in [5.41, 5.74) is 6.28. The van der Waals surface area contributed by atoms with Gasteiger partial charge in [-0.3, -0.25) is 0 Å². The molecule has 1 atom stereocenters. The number of benzene rings is 8. The summed E-state index contributed by atoms with van der Waals surface area (Å²) in [5, 5.41) is 7.52. The van der Waals surface area contributed by atoms with Crippen LogP contribution in [0.2, 0.25) is 0 Å². The Morgan fingerprint density at radius 3 is 1.13 bits per heavy atom. The van der Waals surface area contributed by atoms with Crippen LogP contribution in [-0.2, 0) is 4.57 Å². The Balaban J connectivity index is 1.39. The Morgan fingerprint density at radius 2 is 0.756 bits per heavy atom. The van der Waals surface area contributed by atoms with Crippen molar-refractivity contribution in [1.82, 2.24) is 0 Å². The lowest BCUT2D eigenvalue weighted by Gasteiger charge is -2.29. The summed E-state index contributed by atoms with van der Waals surface area (Å²) in [4.78, 5) is 14.2. The Labute approximate surface area is 262 Å². The van der Waals surface area contributed by atoms with Gasteiger partial charge >= 0.3 is 8.03 Å². The maximum Gasteiger partial charge on any atom is 0.546 e.